The molecule has 1 N–H and O–H groups in total. The third kappa shape index (κ3) is 2.69. The largest absolute Gasteiger partial charge is 0.389 e. The number of tetrazole rings is 1. The Labute approximate surface area is 140 Å². The van der Waals surface area contributed by atoms with Gasteiger partial charge in [-0.05, 0) is 54.0 Å². The summed E-state index contributed by atoms with van der Waals surface area (Å²) in [7, 11) is 0. The molecule has 4 rings (SSSR count). The Morgan fingerprint density at radius 1 is 1.21 bits per heavy atom. The van der Waals surface area contributed by atoms with Gasteiger partial charge in [-0.25, -0.2) is 4.68 Å². The molecular formula is C17H21N5O2. The van der Waals surface area contributed by atoms with Crippen LogP contribution in [0.5, 0.6) is 0 Å². The Kier molecular flexibility index (Phi) is 3.80. The lowest BCUT2D eigenvalue weighted by atomic mass is 9.71. The van der Waals surface area contributed by atoms with E-state index in [9.17, 15) is 9.90 Å². The van der Waals surface area contributed by atoms with Crippen LogP contribution in [-0.2, 0) is 0 Å². The predicted octanol–water partition coefficient (Wildman–Crippen LogP) is 1.43. The van der Waals surface area contributed by atoms with Gasteiger partial charge in [0.25, 0.3) is 5.91 Å². The van der Waals surface area contributed by atoms with Gasteiger partial charge in [-0.2, -0.15) is 0 Å². The molecule has 0 bridgehead atoms. The average molecular weight is 327 g/mol. The van der Waals surface area contributed by atoms with Crippen molar-refractivity contribution in [2.24, 2.45) is 5.92 Å². The van der Waals surface area contributed by atoms with Gasteiger partial charge in [-0.3, -0.25) is 4.79 Å². The highest BCUT2D eigenvalue weighted by atomic mass is 16.3. The van der Waals surface area contributed by atoms with Crippen molar-refractivity contribution in [1.82, 2.24) is 25.1 Å². The highest BCUT2D eigenvalue weighted by Crippen LogP contribution is 2.40. The molecule has 0 radical (unpaired) electrons. The minimum Gasteiger partial charge on any atom is -0.389 e. The quantitative estimate of drug-likeness (QED) is 0.902. The SMILES string of the molecule is O=C(c1ccc(-n2cnnn2)cc1)N1CC[C@@]2(O)CCCC[C@H]2C1. The van der Waals surface area contributed by atoms with Gasteiger partial charge in [-0.1, -0.05) is 12.8 Å². The molecule has 1 aromatic heterocycles. The molecule has 0 unspecified atom stereocenters. The molecule has 1 aromatic carbocycles. The molecule has 2 atom stereocenters. The fourth-order valence-corrected chi connectivity index (χ4v) is 3.97. The maximum atomic E-state index is 12.8. The zero-order valence-corrected chi connectivity index (χ0v) is 13.5. The van der Waals surface area contributed by atoms with Crippen molar-refractivity contribution in [1.29, 1.82) is 0 Å². The summed E-state index contributed by atoms with van der Waals surface area (Å²) in [4.78, 5) is 14.7. The van der Waals surface area contributed by atoms with Crippen molar-refractivity contribution in [2.75, 3.05) is 13.1 Å². The highest BCUT2D eigenvalue weighted by molar-refractivity contribution is 5.94. The molecule has 1 amide bonds. The standard InChI is InChI=1S/C17H21N5O2/c23-16(13-4-6-15(7-5-13)22-12-18-19-20-22)21-10-9-17(24)8-2-1-3-14(17)11-21/h4-7,12,14,24H,1-3,8-11H2/t14-,17-/m0/s1. The second-order valence-electron chi connectivity index (χ2n) is 6.85. The summed E-state index contributed by atoms with van der Waals surface area (Å²) in [6, 6.07) is 7.29. The van der Waals surface area contributed by atoms with Crippen molar-refractivity contribution in [3.8, 4) is 5.69 Å². The number of likely N-dealkylation sites (tertiary alicyclic amines) is 1. The molecule has 1 saturated heterocycles. The van der Waals surface area contributed by atoms with E-state index in [0.717, 1.165) is 31.4 Å². The maximum Gasteiger partial charge on any atom is 0.253 e. The zero-order valence-electron chi connectivity index (χ0n) is 13.5. The van der Waals surface area contributed by atoms with Crippen LogP contribution in [0.3, 0.4) is 0 Å². The van der Waals surface area contributed by atoms with Gasteiger partial charge in [0.2, 0.25) is 0 Å². The van der Waals surface area contributed by atoms with Gasteiger partial charge in [0.15, 0.2) is 0 Å². The molecule has 2 heterocycles. The maximum absolute atomic E-state index is 12.8. The Morgan fingerprint density at radius 3 is 2.79 bits per heavy atom. The summed E-state index contributed by atoms with van der Waals surface area (Å²) in [6.45, 7) is 1.28. The van der Waals surface area contributed by atoms with Gasteiger partial charge < -0.3 is 10.0 Å². The summed E-state index contributed by atoms with van der Waals surface area (Å²) in [6.07, 6.45) is 6.34. The number of aromatic nitrogens is 4. The van der Waals surface area contributed by atoms with Gasteiger partial charge >= 0.3 is 0 Å². The molecule has 1 saturated carbocycles. The lowest BCUT2D eigenvalue weighted by Gasteiger charge is -2.47. The average Bonchev–Trinajstić information content (AvgIpc) is 3.15. The van der Waals surface area contributed by atoms with E-state index in [2.05, 4.69) is 15.5 Å². The highest BCUT2D eigenvalue weighted by Gasteiger charge is 2.43. The molecule has 7 nitrogen and oxygen atoms in total. The molecule has 0 spiro atoms. The van der Waals surface area contributed by atoms with Crippen LogP contribution >= 0.6 is 0 Å². The number of carbonyl (C=O) groups excluding carboxylic acids is 1. The number of aliphatic hydroxyl groups is 1. The van der Waals surface area contributed by atoms with Crippen molar-refractivity contribution in [3.63, 3.8) is 0 Å². The van der Waals surface area contributed by atoms with Gasteiger partial charge in [0, 0.05) is 24.6 Å². The van der Waals surface area contributed by atoms with E-state index in [1.165, 1.54) is 6.33 Å². The van der Waals surface area contributed by atoms with Crippen molar-refractivity contribution < 1.29 is 9.90 Å². The topological polar surface area (TPSA) is 84.1 Å². The number of hydrogen-bond donors (Lipinski definition) is 1. The van der Waals surface area contributed by atoms with Gasteiger partial charge in [0.05, 0.1) is 11.3 Å². The summed E-state index contributed by atoms with van der Waals surface area (Å²) in [5.41, 5.74) is 0.920. The second-order valence-corrected chi connectivity index (χ2v) is 6.85. The number of amides is 1. The first kappa shape index (κ1) is 15.3. The molecular weight excluding hydrogens is 306 g/mol. The number of benzene rings is 1. The van der Waals surface area contributed by atoms with Crippen molar-refractivity contribution >= 4 is 5.91 Å². The first-order valence-electron chi connectivity index (χ1n) is 8.51. The number of nitrogens with zero attached hydrogens (tertiary/aromatic N) is 5. The van der Waals surface area contributed by atoms with Crippen LogP contribution in [-0.4, -0.2) is 54.8 Å². The Morgan fingerprint density at radius 2 is 2.04 bits per heavy atom. The van der Waals surface area contributed by atoms with E-state index >= 15 is 0 Å². The van der Waals surface area contributed by atoms with Gasteiger partial charge in [0.1, 0.15) is 6.33 Å². The number of hydrogen-bond acceptors (Lipinski definition) is 5. The molecule has 2 fully saturated rings. The third-order valence-corrected chi connectivity index (χ3v) is 5.44. The lowest BCUT2D eigenvalue weighted by Crippen LogP contribution is -2.54. The molecule has 1 aliphatic heterocycles. The summed E-state index contributed by atoms with van der Waals surface area (Å²) in [5.74, 6) is 0.246. The smallest absolute Gasteiger partial charge is 0.253 e. The van der Waals surface area contributed by atoms with E-state index in [-0.39, 0.29) is 11.8 Å². The third-order valence-electron chi connectivity index (χ3n) is 5.44. The van der Waals surface area contributed by atoms with E-state index in [4.69, 9.17) is 0 Å². The van der Waals surface area contributed by atoms with Crippen LogP contribution < -0.4 is 0 Å². The molecule has 126 valence electrons. The number of piperidine rings is 1. The number of rotatable bonds is 2. The fourth-order valence-electron chi connectivity index (χ4n) is 3.97. The molecule has 2 aliphatic rings. The van der Waals surface area contributed by atoms with Crippen LogP contribution in [0.25, 0.3) is 5.69 Å². The molecule has 7 heteroatoms. The van der Waals surface area contributed by atoms with E-state index < -0.39 is 5.60 Å². The summed E-state index contributed by atoms with van der Waals surface area (Å²) >= 11 is 0. The lowest BCUT2D eigenvalue weighted by molar-refractivity contribution is -0.0886. The zero-order chi connectivity index (χ0) is 16.6. The van der Waals surface area contributed by atoms with Crippen LogP contribution in [0.15, 0.2) is 30.6 Å². The predicted molar refractivity (Wildman–Crippen MR) is 86.6 cm³/mol. The van der Waals surface area contributed by atoms with Crippen molar-refractivity contribution in [2.45, 2.75) is 37.7 Å². The second kappa shape index (κ2) is 5.98. The van der Waals surface area contributed by atoms with Crippen molar-refractivity contribution in [3.05, 3.63) is 36.2 Å². The van der Waals surface area contributed by atoms with Crippen LogP contribution in [0.2, 0.25) is 0 Å². The first-order chi connectivity index (χ1) is 11.7. The van der Waals surface area contributed by atoms with E-state index in [1.54, 1.807) is 16.8 Å². The minimum absolute atomic E-state index is 0.0332. The number of fused-ring (bicyclic) bond motifs is 1. The van der Waals surface area contributed by atoms with E-state index in [1.807, 2.05) is 17.0 Å². The normalized spacial score (nSPS) is 26.9. The van der Waals surface area contributed by atoms with E-state index in [0.29, 0.717) is 25.1 Å². The first-order valence-corrected chi connectivity index (χ1v) is 8.51. The molecule has 2 aromatic rings. The van der Waals surface area contributed by atoms with Gasteiger partial charge in [-0.15, -0.1) is 5.10 Å². The van der Waals surface area contributed by atoms with Crippen LogP contribution in [0, 0.1) is 5.92 Å². The molecule has 24 heavy (non-hydrogen) atoms. The Balaban J connectivity index is 1.48. The Bertz CT molecular complexity index is 715. The van der Waals surface area contributed by atoms with Crippen LogP contribution in [0.1, 0.15) is 42.5 Å². The monoisotopic (exact) mass is 327 g/mol. The summed E-state index contributed by atoms with van der Waals surface area (Å²) in [5, 5.41) is 21.8. The minimum atomic E-state index is -0.557. The Hall–Kier alpha value is -2.28. The van der Waals surface area contributed by atoms with Crippen LogP contribution in [0.4, 0.5) is 0 Å². The summed E-state index contributed by atoms with van der Waals surface area (Å²) < 4.78 is 1.55. The number of carbonyl (C=O) groups is 1. The fraction of sp³-hybridized carbons (Fsp3) is 0.529. The molecule has 1 aliphatic carbocycles.